The van der Waals surface area contributed by atoms with E-state index < -0.39 is 0 Å². The molecule has 1 fully saturated rings. The van der Waals surface area contributed by atoms with Crippen LogP contribution in [0.4, 0.5) is 0 Å². The maximum Gasteiger partial charge on any atom is 0.116 e. The first-order valence-electron chi connectivity index (χ1n) is 3.47. The zero-order valence-electron chi connectivity index (χ0n) is 6.58. The molecule has 0 aliphatic carbocycles. The molecule has 0 amide bonds. The minimum absolute atomic E-state index is 0.0509. The molecule has 0 aromatic rings. The number of aldehydes is 1. The van der Waals surface area contributed by atoms with Gasteiger partial charge in [0.15, 0.2) is 0 Å². The van der Waals surface area contributed by atoms with Gasteiger partial charge in [-0.2, -0.15) is 0 Å². The van der Waals surface area contributed by atoms with Gasteiger partial charge in [0.05, 0.1) is 6.10 Å². The van der Waals surface area contributed by atoms with E-state index in [-0.39, 0.29) is 6.10 Å². The van der Waals surface area contributed by atoms with Crippen LogP contribution < -0.4 is 0 Å². The van der Waals surface area contributed by atoms with Crippen LogP contribution >= 0.6 is 0 Å². The lowest BCUT2D eigenvalue weighted by Crippen LogP contribution is -2.15. The number of β-amino-alcohol motifs (C(OH)–C–C–N with tert-alkyl or cyclic N) is 1. The highest BCUT2D eigenvalue weighted by Crippen LogP contribution is 2.03. The molecule has 0 bridgehead atoms. The molecule has 10 heavy (non-hydrogen) atoms. The fraction of sp³-hybridized carbons (Fsp3) is 0.857. The van der Waals surface area contributed by atoms with Crippen molar-refractivity contribution in [3.63, 3.8) is 0 Å². The van der Waals surface area contributed by atoms with E-state index in [4.69, 9.17) is 9.90 Å². The third kappa shape index (κ3) is 4.47. The first-order chi connectivity index (χ1) is 4.70. The van der Waals surface area contributed by atoms with Crippen LogP contribution in [-0.4, -0.2) is 42.5 Å². The van der Waals surface area contributed by atoms with Crippen molar-refractivity contribution in [2.45, 2.75) is 19.4 Å². The molecule has 1 rings (SSSR count). The van der Waals surface area contributed by atoms with Gasteiger partial charge in [-0.15, -0.1) is 0 Å². The third-order valence-electron chi connectivity index (χ3n) is 1.37. The highest BCUT2D eigenvalue weighted by Gasteiger charge is 2.14. The van der Waals surface area contributed by atoms with Gasteiger partial charge < -0.3 is 14.8 Å². The standard InChI is InChI=1S/C5H11NO.C2H4O/c1-6-3-2-5(7)4-6;1-2-3/h5,7H,2-4H2,1H3;2H,1H3. The van der Waals surface area contributed by atoms with Gasteiger partial charge in [0.1, 0.15) is 6.29 Å². The Labute approximate surface area is 61.6 Å². The van der Waals surface area contributed by atoms with Crippen LogP contribution in [0.3, 0.4) is 0 Å². The van der Waals surface area contributed by atoms with Gasteiger partial charge >= 0.3 is 0 Å². The summed E-state index contributed by atoms with van der Waals surface area (Å²) in [4.78, 5) is 10.9. The Kier molecular flexibility index (Phi) is 5.16. The minimum atomic E-state index is -0.0509. The Hall–Kier alpha value is -0.410. The van der Waals surface area contributed by atoms with Crippen molar-refractivity contribution in [2.75, 3.05) is 20.1 Å². The highest BCUT2D eigenvalue weighted by molar-refractivity contribution is 5.44. The van der Waals surface area contributed by atoms with Crippen LogP contribution in [0.5, 0.6) is 0 Å². The van der Waals surface area contributed by atoms with Crippen molar-refractivity contribution in [1.29, 1.82) is 0 Å². The van der Waals surface area contributed by atoms with Crippen molar-refractivity contribution >= 4 is 6.29 Å². The lowest BCUT2D eigenvalue weighted by molar-refractivity contribution is -0.106. The summed E-state index contributed by atoms with van der Waals surface area (Å²) in [6, 6.07) is 0. The normalized spacial score (nSPS) is 25.3. The summed E-state index contributed by atoms with van der Waals surface area (Å²) in [6.45, 7) is 3.36. The highest BCUT2D eigenvalue weighted by atomic mass is 16.3. The van der Waals surface area contributed by atoms with E-state index in [2.05, 4.69) is 4.90 Å². The number of carbonyl (C=O) groups excluding carboxylic acids is 1. The van der Waals surface area contributed by atoms with Crippen LogP contribution in [0.15, 0.2) is 0 Å². The molecule has 1 aliphatic heterocycles. The van der Waals surface area contributed by atoms with Gasteiger partial charge in [-0.3, -0.25) is 0 Å². The second-order valence-corrected chi connectivity index (χ2v) is 2.44. The van der Waals surface area contributed by atoms with E-state index in [0.717, 1.165) is 25.8 Å². The molecule has 0 radical (unpaired) electrons. The third-order valence-corrected chi connectivity index (χ3v) is 1.37. The SMILES string of the molecule is CC=O.CN1CCC(O)C1. The summed E-state index contributed by atoms with van der Waals surface area (Å²) in [5, 5.41) is 8.86. The first-order valence-corrected chi connectivity index (χ1v) is 3.47. The van der Waals surface area contributed by atoms with Crippen molar-refractivity contribution in [2.24, 2.45) is 0 Å². The number of likely N-dealkylation sites (N-methyl/N-ethyl adjacent to an activating group) is 1. The predicted molar refractivity (Wildman–Crippen MR) is 39.9 cm³/mol. The number of aliphatic hydroxyl groups is 1. The quantitative estimate of drug-likeness (QED) is 0.483. The average molecular weight is 145 g/mol. The Morgan fingerprint density at radius 2 is 2.20 bits per heavy atom. The van der Waals surface area contributed by atoms with Gasteiger partial charge in [0.25, 0.3) is 0 Å². The van der Waals surface area contributed by atoms with E-state index in [1.54, 1.807) is 0 Å². The van der Waals surface area contributed by atoms with Crippen molar-refractivity contribution in [3.05, 3.63) is 0 Å². The molecule has 1 saturated heterocycles. The van der Waals surface area contributed by atoms with E-state index in [1.807, 2.05) is 7.05 Å². The molecule has 60 valence electrons. The zero-order valence-corrected chi connectivity index (χ0v) is 6.58. The molecule has 1 unspecified atom stereocenters. The lowest BCUT2D eigenvalue weighted by atomic mass is 10.3. The zero-order chi connectivity index (χ0) is 7.98. The first kappa shape index (κ1) is 9.59. The van der Waals surface area contributed by atoms with Crippen LogP contribution in [-0.2, 0) is 4.79 Å². The van der Waals surface area contributed by atoms with Crippen LogP contribution in [0.1, 0.15) is 13.3 Å². The van der Waals surface area contributed by atoms with Gasteiger partial charge in [0.2, 0.25) is 0 Å². The van der Waals surface area contributed by atoms with Crippen molar-refractivity contribution in [1.82, 2.24) is 4.90 Å². The molecule has 0 aromatic carbocycles. The maximum atomic E-state index is 8.86. The molecule has 0 aromatic heterocycles. The Bertz CT molecular complexity index is 87.6. The number of likely N-dealkylation sites (tertiary alicyclic amines) is 1. The molecule has 1 N–H and O–H groups in total. The second kappa shape index (κ2) is 5.38. The monoisotopic (exact) mass is 145 g/mol. The molecular weight excluding hydrogens is 130 g/mol. The summed E-state index contributed by atoms with van der Waals surface area (Å²) >= 11 is 0. The number of aliphatic hydroxyl groups excluding tert-OH is 1. The predicted octanol–water partition coefficient (Wildman–Crippen LogP) is -0.112. The number of nitrogens with zero attached hydrogens (tertiary/aromatic N) is 1. The second-order valence-electron chi connectivity index (χ2n) is 2.44. The topological polar surface area (TPSA) is 40.5 Å². The van der Waals surface area contributed by atoms with Crippen LogP contribution in [0.2, 0.25) is 0 Å². The molecule has 0 saturated carbocycles. The summed E-state index contributed by atoms with van der Waals surface area (Å²) in [5.74, 6) is 0. The molecule has 1 aliphatic rings. The lowest BCUT2D eigenvalue weighted by Gasteiger charge is -2.02. The number of hydrogen-bond acceptors (Lipinski definition) is 3. The maximum absolute atomic E-state index is 8.86. The van der Waals surface area contributed by atoms with Gasteiger partial charge in [0, 0.05) is 13.1 Å². The molecular formula is C7H15NO2. The molecule has 3 heteroatoms. The number of carbonyl (C=O) groups is 1. The summed E-state index contributed by atoms with van der Waals surface area (Å²) in [5.41, 5.74) is 0. The van der Waals surface area contributed by atoms with Gasteiger partial charge in [-0.1, -0.05) is 0 Å². The smallest absolute Gasteiger partial charge is 0.116 e. The van der Waals surface area contributed by atoms with E-state index in [1.165, 1.54) is 6.92 Å². The fourth-order valence-electron chi connectivity index (χ4n) is 0.912. The van der Waals surface area contributed by atoms with Crippen LogP contribution in [0.25, 0.3) is 0 Å². The van der Waals surface area contributed by atoms with Gasteiger partial charge in [-0.25, -0.2) is 0 Å². The number of hydrogen-bond donors (Lipinski definition) is 1. The fourth-order valence-corrected chi connectivity index (χ4v) is 0.912. The van der Waals surface area contributed by atoms with Gasteiger partial charge in [-0.05, 0) is 20.4 Å². The summed E-state index contributed by atoms with van der Waals surface area (Å²) in [7, 11) is 2.02. The molecule has 1 atom stereocenters. The van der Waals surface area contributed by atoms with Crippen molar-refractivity contribution in [3.8, 4) is 0 Å². The summed E-state index contributed by atoms with van der Waals surface area (Å²) in [6.07, 6.45) is 1.65. The molecule has 0 spiro atoms. The minimum Gasteiger partial charge on any atom is -0.392 e. The van der Waals surface area contributed by atoms with E-state index >= 15 is 0 Å². The van der Waals surface area contributed by atoms with E-state index in [9.17, 15) is 0 Å². The van der Waals surface area contributed by atoms with Crippen molar-refractivity contribution < 1.29 is 9.90 Å². The van der Waals surface area contributed by atoms with E-state index in [0.29, 0.717) is 0 Å². The molecule has 1 heterocycles. The Morgan fingerprint density at radius 1 is 1.70 bits per heavy atom. The number of rotatable bonds is 0. The Balaban J connectivity index is 0.000000236. The Morgan fingerprint density at radius 3 is 2.30 bits per heavy atom. The van der Waals surface area contributed by atoms with Crippen LogP contribution in [0, 0.1) is 0 Å². The summed E-state index contributed by atoms with van der Waals surface area (Å²) < 4.78 is 0. The average Bonchev–Trinajstić information content (AvgIpc) is 2.17. The largest absolute Gasteiger partial charge is 0.392 e. The molecule has 3 nitrogen and oxygen atoms in total.